The molecule has 160 valence electrons. The largest absolute Gasteiger partial charge is 0.495 e. The van der Waals surface area contributed by atoms with Crippen LogP contribution in [-0.4, -0.2) is 23.9 Å². The summed E-state index contributed by atoms with van der Waals surface area (Å²) >= 11 is 13.4. The Labute approximate surface area is 193 Å². The number of methoxy groups -OCH3 is 1. The highest BCUT2D eigenvalue weighted by molar-refractivity contribution is 7.16. The summed E-state index contributed by atoms with van der Waals surface area (Å²) in [5, 5.41) is 7.28. The van der Waals surface area contributed by atoms with Crippen molar-refractivity contribution in [3.63, 3.8) is 0 Å². The van der Waals surface area contributed by atoms with E-state index in [-0.39, 0.29) is 11.8 Å². The van der Waals surface area contributed by atoms with Crippen LogP contribution in [0.3, 0.4) is 0 Å². The van der Waals surface area contributed by atoms with E-state index < -0.39 is 5.92 Å². The van der Waals surface area contributed by atoms with E-state index in [0.717, 1.165) is 17.7 Å². The lowest BCUT2D eigenvalue weighted by molar-refractivity contribution is -0.118. The molecule has 0 spiro atoms. The third kappa shape index (κ3) is 4.84. The molecule has 1 aliphatic carbocycles. The second-order valence-electron chi connectivity index (χ2n) is 7.07. The summed E-state index contributed by atoms with van der Waals surface area (Å²) in [6.45, 7) is 0. The van der Waals surface area contributed by atoms with Crippen molar-refractivity contribution in [1.82, 2.24) is 4.98 Å². The zero-order valence-corrected chi connectivity index (χ0v) is 18.9. The number of aryl methyl sites for hydroxylation is 1. The van der Waals surface area contributed by atoms with Crippen LogP contribution in [0.15, 0.2) is 42.5 Å². The molecule has 2 amide bonds. The van der Waals surface area contributed by atoms with Gasteiger partial charge < -0.3 is 10.1 Å². The quantitative estimate of drug-likeness (QED) is 0.490. The molecule has 2 aromatic carbocycles. The van der Waals surface area contributed by atoms with Crippen LogP contribution in [0.5, 0.6) is 5.75 Å². The summed E-state index contributed by atoms with van der Waals surface area (Å²) < 4.78 is 5.31. The Bertz CT molecular complexity index is 1130. The molecule has 3 aromatic rings. The first-order valence-corrected chi connectivity index (χ1v) is 11.2. The van der Waals surface area contributed by atoms with Gasteiger partial charge in [-0.1, -0.05) is 23.2 Å². The minimum atomic E-state index is -0.412. The molecule has 1 aromatic heterocycles. The van der Waals surface area contributed by atoms with Crippen LogP contribution in [0.25, 0.3) is 0 Å². The van der Waals surface area contributed by atoms with E-state index in [9.17, 15) is 9.59 Å². The van der Waals surface area contributed by atoms with E-state index in [1.165, 1.54) is 18.4 Å². The van der Waals surface area contributed by atoms with E-state index in [2.05, 4.69) is 15.6 Å². The van der Waals surface area contributed by atoms with Gasteiger partial charge in [-0.15, -0.1) is 11.3 Å². The molecular formula is C22H19Cl2N3O3S. The standard InChI is InChI=1S/C22H19Cl2N3O3S/c1-30-17-10-9-14(24)11-16(17)25-21(29)15-3-2-4-18-19(15)26-22(31-18)27-20(28)12-5-7-13(23)8-6-12/h5-11,15H,2-4H2,1H3,(H,25,29)(H,26,27,28). The van der Waals surface area contributed by atoms with Crippen molar-refractivity contribution < 1.29 is 14.3 Å². The number of ether oxygens (including phenoxy) is 1. The third-order valence-corrected chi connectivity index (χ3v) is 6.55. The molecule has 0 fully saturated rings. The molecule has 0 saturated carbocycles. The van der Waals surface area contributed by atoms with E-state index in [1.54, 1.807) is 42.5 Å². The average molecular weight is 476 g/mol. The summed E-state index contributed by atoms with van der Waals surface area (Å²) in [4.78, 5) is 31.1. The number of nitrogens with zero attached hydrogens (tertiary/aromatic N) is 1. The van der Waals surface area contributed by atoms with Crippen LogP contribution in [0.2, 0.25) is 10.0 Å². The van der Waals surface area contributed by atoms with Crippen molar-refractivity contribution in [2.45, 2.75) is 25.2 Å². The van der Waals surface area contributed by atoms with Crippen LogP contribution >= 0.6 is 34.5 Å². The summed E-state index contributed by atoms with van der Waals surface area (Å²) in [5.41, 5.74) is 1.71. The van der Waals surface area contributed by atoms with Crippen LogP contribution in [-0.2, 0) is 11.2 Å². The van der Waals surface area contributed by atoms with Gasteiger partial charge in [0.25, 0.3) is 5.91 Å². The third-order valence-electron chi connectivity index (χ3n) is 5.02. The molecule has 1 aliphatic rings. The van der Waals surface area contributed by atoms with Crippen molar-refractivity contribution in [1.29, 1.82) is 0 Å². The molecule has 0 saturated heterocycles. The molecule has 31 heavy (non-hydrogen) atoms. The fraction of sp³-hybridized carbons (Fsp3) is 0.227. The van der Waals surface area contributed by atoms with Gasteiger partial charge >= 0.3 is 0 Å². The number of anilines is 2. The van der Waals surface area contributed by atoms with Crippen molar-refractivity contribution in [2.75, 3.05) is 17.7 Å². The second kappa shape index (κ2) is 9.26. The van der Waals surface area contributed by atoms with Crippen LogP contribution in [0.1, 0.15) is 39.7 Å². The molecular weight excluding hydrogens is 457 g/mol. The number of benzene rings is 2. The number of hydrogen-bond donors (Lipinski definition) is 2. The predicted molar refractivity (Wildman–Crippen MR) is 124 cm³/mol. The van der Waals surface area contributed by atoms with Gasteiger partial charge in [-0.2, -0.15) is 0 Å². The molecule has 6 nitrogen and oxygen atoms in total. The van der Waals surface area contributed by atoms with Gasteiger partial charge in [-0.3, -0.25) is 14.9 Å². The van der Waals surface area contributed by atoms with Crippen molar-refractivity contribution in [3.8, 4) is 5.75 Å². The van der Waals surface area contributed by atoms with E-state index in [4.69, 9.17) is 27.9 Å². The zero-order chi connectivity index (χ0) is 22.0. The van der Waals surface area contributed by atoms with Crippen molar-refractivity contribution >= 4 is 57.2 Å². The predicted octanol–water partition coefficient (Wildman–Crippen LogP) is 5.77. The summed E-state index contributed by atoms with van der Waals surface area (Å²) in [5.74, 6) is -0.331. The van der Waals surface area contributed by atoms with Gasteiger partial charge in [0.1, 0.15) is 5.75 Å². The maximum absolute atomic E-state index is 13.0. The maximum Gasteiger partial charge on any atom is 0.257 e. The lowest BCUT2D eigenvalue weighted by Crippen LogP contribution is -2.25. The number of hydrogen-bond acceptors (Lipinski definition) is 5. The highest BCUT2D eigenvalue weighted by Crippen LogP contribution is 2.38. The fourth-order valence-electron chi connectivity index (χ4n) is 3.50. The topological polar surface area (TPSA) is 80.3 Å². The van der Waals surface area contributed by atoms with Crippen LogP contribution in [0, 0.1) is 0 Å². The monoisotopic (exact) mass is 475 g/mol. The van der Waals surface area contributed by atoms with Crippen molar-refractivity contribution in [3.05, 3.63) is 68.6 Å². The number of fused-ring (bicyclic) bond motifs is 1. The number of amides is 2. The van der Waals surface area contributed by atoms with Crippen molar-refractivity contribution in [2.24, 2.45) is 0 Å². The Morgan fingerprint density at radius 1 is 1.10 bits per heavy atom. The Hall–Kier alpha value is -2.61. The van der Waals surface area contributed by atoms with Gasteiger partial charge in [0.05, 0.1) is 24.4 Å². The number of aromatic nitrogens is 1. The highest BCUT2D eigenvalue weighted by atomic mass is 35.5. The van der Waals surface area contributed by atoms with Gasteiger partial charge in [0.15, 0.2) is 5.13 Å². The molecule has 0 radical (unpaired) electrons. The maximum atomic E-state index is 13.0. The van der Waals surface area contributed by atoms with Crippen LogP contribution in [0.4, 0.5) is 10.8 Å². The van der Waals surface area contributed by atoms with E-state index in [1.807, 2.05) is 0 Å². The first kappa shape index (κ1) is 21.6. The first-order chi connectivity index (χ1) is 14.9. The molecule has 2 N–H and O–H groups in total. The molecule has 4 rings (SSSR count). The Balaban J connectivity index is 1.52. The minimum absolute atomic E-state index is 0.178. The second-order valence-corrected chi connectivity index (χ2v) is 9.02. The number of carbonyl (C=O) groups is 2. The van der Waals surface area contributed by atoms with Crippen LogP contribution < -0.4 is 15.4 Å². The molecule has 0 bridgehead atoms. The molecule has 9 heteroatoms. The summed E-state index contributed by atoms with van der Waals surface area (Å²) in [6.07, 6.45) is 2.37. The highest BCUT2D eigenvalue weighted by Gasteiger charge is 2.31. The summed E-state index contributed by atoms with van der Waals surface area (Å²) in [6, 6.07) is 11.7. The van der Waals surface area contributed by atoms with Gasteiger partial charge in [0.2, 0.25) is 5.91 Å². The summed E-state index contributed by atoms with van der Waals surface area (Å²) in [7, 11) is 1.54. The SMILES string of the molecule is COc1ccc(Cl)cc1NC(=O)C1CCCc2sc(NC(=O)c3ccc(Cl)cc3)nc21. The fourth-order valence-corrected chi connectivity index (χ4v) is 4.85. The normalized spacial score (nSPS) is 15.1. The molecule has 1 unspecified atom stereocenters. The Kier molecular flexibility index (Phi) is 6.46. The number of thiazole rings is 1. The lowest BCUT2D eigenvalue weighted by Gasteiger charge is -2.21. The smallest absolute Gasteiger partial charge is 0.257 e. The lowest BCUT2D eigenvalue weighted by atomic mass is 9.90. The number of carbonyl (C=O) groups excluding carboxylic acids is 2. The molecule has 1 atom stereocenters. The van der Waals surface area contributed by atoms with E-state index >= 15 is 0 Å². The van der Waals surface area contributed by atoms with Gasteiger partial charge in [-0.25, -0.2) is 4.98 Å². The van der Waals surface area contributed by atoms with Gasteiger partial charge in [-0.05, 0) is 61.7 Å². The molecule has 1 heterocycles. The molecule has 0 aliphatic heterocycles. The average Bonchev–Trinajstić information content (AvgIpc) is 3.16. The first-order valence-electron chi connectivity index (χ1n) is 9.65. The van der Waals surface area contributed by atoms with E-state index in [0.29, 0.717) is 44.3 Å². The Morgan fingerprint density at radius 3 is 2.58 bits per heavy atom. The number of nitrogens with one attached hydrogen (secondary N) is 2. The van der Waals surface area contributed by atoms with Gasteiger partial charge in [0, 0.05) is 20.5 Å². The number of halogens is 2. The Morgan fingerprint density at radius 2 is 1.84 bits per heavy atom. The minimum Gasteiger partial charge on any atom is -0.495 e. The number of rotatable bonds is 5. The zero-order valence-electron chi connectivity index (χ0n) is 16.6.